The molecule has 0 saturated carbocycles. The summed E-state index contributed by atoms with van der Waals surface area (Å²) in [6.45, 7) is 3.80. The first-order valence-corrected chi connectivity index (χ1v) is 7.22. The van der Waals surface area contributed by atoms with Crippen molar-refractivity contribution in [2.45, 2.75) is 26.4 Å². The smallest absolute Gasteiger partial charge is 0.268 e. The molecular formula is C15H16BrNO3. The number of rotatable bonds is 4. The molecule has 1 aromatic carbocycles. The topological polar surface area (TPSA) is 55.4 Å². The molecule has 1 saturated heterocycles. The number of hydrogen-bond donors (Lipinski definition) is 1. The number of ketones is 1. The maximum absolute atomic E-state index is 12.0. The molecule has 1 amide bonds. The van der Waals surface area contributed by atoms with Gasteiger partial charge in [-0.25, -0.2) is 0 Å². The predicted octanol–water partition coefficient (Wildman–Crippen LogP) is 2.57. The summed E-state index contributed by atoms with van der Waals surface area (Å²) in [5, 5.41) is 2.58. The minimum atomic E-state index is -0.516. The number of nitrogens with one attached hydrogen (secondary N) is 1. The van der Waals surface area contributed by atoms with Gasteiger partial charge in [0.2, 0.25) is 0 Å². The van der Waals surface area contributed by atoms with Gasteiger partial charge in [-0.1, -0.05) is 48.0 Å². The fourth-order valence-electron chi connectivity index (χ4n) is 1.95. The highest BCUT2D eigenvalue weighted by Gasteiger charge is 2.32. The number of benzene rings is 1. The van der Waals surface area contributed by atoms with Crippen LogP contribution in [0.3, 0.4) is 0 Å². The molecule has 1 heterocycles. The van der Waals surface area contributed by atoms with Gasteiger partial charge < -0.3 is 4.74 Å². The second-order valence-electron chi connectivity index (χ2n) is 5.01. The molecule has 5 heteroatoms. The van der Waals surface area contributed by atoms with Crippen LogP contribution in [0.25, 0.3) is 0 Å². The predicted molar refractivity (Wildman–Crippen MR) is 78.8 cm³/mol. The number of ether oxygens (including phenoxy) is 1. The Bertz CT molecular complexity index is 566. The Morgan fingerprint density at radius 2 is 2.15 bits per heavy atom. The van der Waals surface area contributed by atoms with Crippen LogP contribution in [0.2, 0.25) is 0 Å². The van der Waals surface area contributed by atoms with Crippen molar-refractivity contribution >= 4 is 27.6 Å². The van der Waals surface area contributed by atoms with Crippen molar-refractivity contribution < 1.29 is 14.3 Å². The highest BCUT2D eigenvalue weighted by atomic mass is 79.9. The molecule has 20 heavy (non-hydrogen) atoms. The van der Waals surface area contributed by atoms with Crippen LogP contribution in [0.15, 0.2) is 40.7 Å². The highest BCUT2D eigenvalue weighted by molar-refractivity contribution is 9.10. The van der Waals surface area contributed by atoms with Crippen molar-refractivity contribution in [3.63, 3.8) is 0 Å². The highest BCUT2D eigenvalue weighted by Crippen LogP contribution is 2.19. The van der Waals surface area contributed by atoms with Gasteiger partial charge in [0.05, 0.1) is 0 Å². The first kappa shape index (κ1) is 14.8. The quantitative estimate of drug-likeness (QED) is 0.859. The van der Waals surface area contributed by atoms with E-state index in [0.29, 0.717) is 0 Å². The third-order valence-corrected chi connectivity index (χ3v) is 3.75. The molecule has 0 aromatic heterocycles. The van der Waals surface area contributed by atoms with Gasteiger partial charge in [0.1, 0.15) is 0 Å². The Labute approximate surface area is 126 Å². The van der Waals surface area contributed by atoms with Gasteiger partial charge in [-0.2, -0.15) is 0 Å². The van der Waals surface area contributed by atoms with Crippen LogP contribution in [-0.2, 0) is 20.7 Å². The van der Waals surface area contributed by atoms with Gasteiger partial charge in [-0.15, -0.1) is 0 Å². The van der Waals surface area contributed by atoms with Crippen molar-refractivity contribution in [3.8, 4) is 0 Å². The summed E-state index contributed by atoms with van der Waals surface area (Å²) in [7, 11) is 0. The van der Waals surface area contributed by atoms with Gasteiger partial charge in [0.25, 0.3) is 5.91 Å². The molecule has 2 rings (SSSR count). The molecule has 4 nitrogen and oxygen atoms in total. The Hall–Kier alpha value is -1.62. The number of amides is 1. The van der Waals surface area contributed by atoms with E-state index in [2.05, 4.69) is 21.2 Å². The van der Waals surface area contributed by atoms with Gasteiger partial charge >= 0.3 is 0 Å². The molecule has 0 radical (unpaired) electrons. The van der Waals surface area contributed by atoms with Gasteiger partial charge in [0.15, 0.2) is 17.8 Å². The van der Waals surface area contributed by atoms with Gasteiger partial charge in [-0.3, -0.25) is 14.9 Å². The Balaban J connectivity index is 2.03. The molecule has 0 spiro atoms. The van der Waals surface area contributed by atoms with E-state index in [1.165, 1.54) is 6.08 Å². The molecule has 1 aliphatic rings. The summed E-state index contributed by atoms with van der Waals surface area (Å²) < 4.78 is 6.33. The SMILES string of the molecule is CC(C)[C@@H]1O/C(=C/C(=O)Cc2ccccc2Br)NC1=O. The van der Waals surface area contributed by atoms with Crippen LogP contribution >= 0.6 is 15.9 Å². The van der Waals surface area contributed by atoms with Crippen molar-refractivity contribution in [3.05, 3.63) is 46.3 Å². The number of allylic oxidation sites excluding steroid dienone is 1. The molecule has 0 aliphatic carbocycles. The summed E-state index contributed by atoms with van der Waals surface area (Å²) in [5.41, 5.74) is 0.902. The lowest BCUT2D eigenvalue weighted by Crippen LogP contribution is -2.27. The summed E-state index contributed by atoms with van der Waals surface area (Å²) >= 11 is 3.40. The first-order chi connectivity index (χ1) is 9.47. The standard InChI is InChI=1S/C15H16BrNO3/c1-9(2)14-15(19)17-13(20-14)8-11(18)7-10-5-3-4-6-12(10)16/h3-6,8-9,14H,7H2,1-2H3,(H,17,19)/b13-8+/t14-/m0/s1. The summed E-state index contributed by atoms with van der Waals surface area (Å²) in [6, 6.07) is 7.54. The van der Waals surface area contributed by atoms with Crippen LogP contribution in [-0.4, -0.2) is 17.8 Å². The van der Waals surface area contributed by atoms with E-state index in [1.54, 1.807) is 0 Å². The molecule has 1 atom stereocenters. The van der Waals surface area contributed by atoms with Crippen LogP contribution in [0.5, 0.6) is 0 Å². The monoisotopic (exact) mass is 337 g/mol. The van der Waals surface area contributed by atoms with Crippen molar-refractivity contribution in [1.82, 2.24) is 5.32 Å². The number of hydrogen-bond acceptors (Lipinski definition) is 3. The largest absolute Gasteiger partial charge is 0.465 e. The van der Waals surface area contributed by atoms with E-state index in [0.717, 1.165) is 10.0 Å². The minimum absolute atomic E-state index is 0.0688. The van der Waals surface area contributed by atoms with E-state index in [-0.39, 0.29) is 29.9 Å². The van der Waals surface area contributed by atoms with Crippen LogP contribution in [0.4, 0.5) is 0 Å². The Morgan fingerprint density at radius 1 is 1.45 bits per heavy atom. The third kappa shape index (κ3) is 3.48. The molecule has 0 bridgehead atoms. The summed E-state index contributed by atoms with van der Waals surface area (Å²) in [6.07, 6.45) is 1.09. The van der Waals surface area contributed by atoms with Crippen molar-refractivity contribution in [2.24, 2.45) is 5.92 Å². The lowest BCUT2D eigenvalue weighted by atomic mass is 10.1. The summed E-state index contributed by atoms with van der Waals surface area (Å²) in [5.74, 6) is 0.00145. The second kappa shape index (κ2) is 6.22. The van der Waals surface area contributed by atoms with E-state index in [4.69, 9.17) is 4.74 Å². The fraction of sp³-hybridized carbons (Fsp3) is 0.333. The lowest BCUT2D eigenvalue weighted by Gasteiger charge is -2.10. The molecule has 1 aliphatic heterocycles. The van der Waals surface area contributed by atoms with E-state index < -0.39 is 6.10 Å². The van der Waals surface area contributed by atoms with Crippen LogP contribution < -0.4 is 5.32 Å². The van der Waals surface area contributed by atoms with Crippen LogP contribution in [0.1, 0.15) is 19.4 Å². The zero-order valence-corrected chi connectivity index (χ0v) is 12.9. The third-order valence-electron chi connectivity index (χ3n) is 2.98. The zero-order valence-electron chi connectivity index (χ0n) is 11.4. The van der Waals surface area contributed by atoms with Gasteiger partial charge in [0, 0.05) is 17.0 Å². The molecular weight excluding hydrogens is 322 g/mol. The molecule has 1 N–H and O–H groups in total. The maximum Gasteiger partial charge on any atom is 0.268 e. The number of halogens is 1. The van der Waals surface area contributed by atoms with Gasteiger partial charge in [-0.05, 0) is 17.5 Å². The van der Waals surface area contributed by atoms with Crippen LogP contribution in [0, 0.1) is 5.92 Å². The average Bonchev–Trinajstić information content (AvgIpc) is 2.73. The number of carbonyl (C=O) groups excluding carboxylic acids is 2. The number of carbonyl (C=O) groups is 2. The molecule has 106 valence electrons. The normalized spacial score (nSPS) is 20.1. The minimum Gasteiger partial charge on any atom is -0.465 e. The molecule has 1 fully saturated rings. The zero-order chi connectivity index (χ0) is 14.7. The first-order valence-electron chi connectivity index (χ1n) is 6.43. The summed E-state index contributed by atoms with van der Waals surface area (Å²) in [4.78, 5) is 23.6. The molecule has 1 aromatic rings. The van der Waals surface area contributed by atoms with Crippen molar-refractivity contribution in [1.29, 1.82) is 0 Å². The van der Waals surface area contributed by atoms with Crippen molar-refractivity contribution in [2.75, 3.05) is 0 Å². The van der Waals surface area contributed by atoms with E-state index in [1.807, 2.05) is 38.1 Å². The Kier molecular flexibility index (Phi) is 4.60. The molecule has 0 unspecified atom stereocenters. The van der Waals surface area contributed by atoms with E-state index >= 15 is 0 Å². The lowest BCUT2D eigenvalue weighted by molar-refractivity contribution is -0.125. The maximum atomic E-state index is 12.0. The Morgan fingerprint density at radius 3 is 2.75 bits per heavy atom. The fourth-order valence-corrected chi connectivity index (χ4v) is 2.37. The van der Waals surface area contributed by atoms with E-state index in [9.17, 15) is 9.59 Å². The second-order valence-corrected chi connectivity index (χ2v) is 5.87. The average molecular weight is 338 g/mol.